The van der Waals surface area contributed by atoms with E-state index >= 15 is 0 Å². The number of nitrogens with one attached hydrogen (secondary N) is 2. The number of hydrogen-bond donors (Lipinski definition) is 2. The first-order valence-corrected chi connectivity index (χ1v) is 10.2. The molecule has 1 aliphatic carbocycles. The van der Waals surface area contributed by atoms with Crippen LogP contribution in [0.5, 0.6) is 5.75 Å². The predicted octanol–water partition coefficient (Wildman–Crippen LogP) is 4.10. The molecule has 0 atom stereocenters. The van der Waals surface area contributed by atoms with Gasteiger partial charge in [0.05, 0.1) is 18.2 Å². The molecular weight excluding hydrogens is 390 g/mol. The minimum Gasteiger partial charge on any atom is -0.497 e. The topological polar surface area (TPSA) is 80.3 Å². The highest BCUT2D eigenvalue weighted by Gasteiger charge is 2.51. The molecule has 158 valence electrons. The third-order valence-electron chi connectivity index (χ3n) is 5.81. The van der Waals surface area contributed by atoms with Crippen molar-refractivity contribution in [1.82, 2.24) is 10.3 Å². The standard InChI is InChI=1S/C25H25N3O3/c1-16-4-13-21(27-22(16)17-5-7-18(8-6-17)23(29)26-2)28-24(30)25(14-15-25)19-9-11-20(31-3)12-10-19/h4-13H,14-15H2,1-3H3,(H,26,29)(H,27,28,30). The lowest BCUT2D eigenvalue weighted by atomic mass is 9.95. The molecule has 0 bridgehead atoms. The van der Waals surface area contributed by atoms with Crippen LogP contribution < -0.4 is 15.4 Å². The highest BCUT2D eigenvalue weighted by atomic mass is 16.5. The van der Waals surface area contributed by atoms with Crippen molar-refractivity contribution in [1.29, 1.82) is 0 Å². The van der Waals surface area contributed by atoms with Gasteiger partial charge in [-0.15, -0.1) is 0 Å². The van der Waals surface area contributed by atoms with Crippen LogP contribution in [0.2, 0.25) is 0 Å². The molecule has 4 rings (SSSR count). The molecule has 1 fully saturated rings. The Hall–Kier alpha value is -3.67. The van der Waals surface area contributed by atoms with E-state index in [1.165, 1.54) is 0 Å². The maximum absolute atomic E-state index is 13.1. The Kier molecular flexibility index (Phi) is 5.46. The molecule has 0 aliphatic heterocycles. The number of rotatable bonds is 6. The first kappa shape index (κ1) is 20.6. The Morgan fingerprint density at radius 1 is 0.968 bits per heavy atom. The zero-order chi connectivity index (χ0) is 22.0. The zero-order valence-corrected chi connectivity index (χ0v) is 17.9. The number of benzene rings is 2. The molecule has 2 aromatic carbocycles. The van der Waals surface area contributed by atoms with Gasteiger partial charge >= 0.3 is 0 Å². The van der Waals surface area contributed by atoms with Gasteiger partial charge in [-0.1, -0.05) is 30.3 Å². The van der Waals surface area contributed by atoms with Gasteiger partial charge in [0.2, 0.25) is 5.91 Å². The molecule has 3 aromatic rings. The van der Waals surface area contributed by atoms with Crippen LogP contribution in [0.1, 0.15) is 34.3 Å². The van der Waals surface area contributed by atoms with Gasteiger partial charge in [-0.2, -0.15) is 0 Å². The molecule has 0 radical (unpaired) electrons. The van der Waals surface area contributed by atoms with Crippen molar-refractivity contribution in [3.63, 3.8) is 0 Å². The molecule has 31 heavy (non-hydrogen) atoms. The Morgan fingerprint density at radius 2 is 1.65 bits per heavy atom. The van der Waals surface area contributed by atoms with Crippen LogP contribution in [0, 0.1) is 6.92 Å². The van der Waals surface area contributed by atoms with Crippen LogP contribution >= 0.6 is 0 Å². The normalized spacial score (nSPS) is 13.9. The van der Waals surface area contributed by atoms with E-state index < -0.39 is 5.41 Å². The number of amides is 2. The number of aryl methyl sites for hydroxylation is 1. The number of carbonyl (C=O) groups is 2. The van der Waals surface area contributed by atoms with E-state index in [1.807, 2.05) is 55.5 Å². The first-order chi connectivity index (χ1) is 15.0. The summed E-state index contributed by atoms with van der Waals surface area (Å²) in [6.07, 6.45) is 1.62. The first-order valence-electron chi connectivity index (χ1n) is 10.2. The Morgan fingerprint density at radius 3 is 2.23 bits per heavy atom. The van der Waals surface area contributed by atoms with Crippen molar-refractivity contribution in [3.8, 4) is 17.0 Å². The highest BCUT2D eigenvalue weighted by Crippen LogP contribution is 2.49. The Bertz CT molecular complexity index is 1120. The van der Waals surface area contributed by atoms with Gasteiger partial charge in [-0.3, -0.25) is 9.59 Å². The number of hydrogen-bond acceptors (Lipinski definition) is 4. The van der Waals surface area contributed by atoms with Crippen molar-refractivity contribution >= 4 is 17.6 Å². The van der Waals surface area contributed by atoms with Crippen molar-refractivity contribution in [2.24, 2.45) is 0 Å². The van der Waals surface area contributed by atoms with E-state index in [0.29, 0.717) is 11.4 Å². The summed E-state index contributed by atoms with van der Waals surface area (Å²) in [5.74, 6) is 1.11. The third-order valence-corrected chi connectivity index (χ3v) is 5.81. The molecule has 0 spiro atoms. The zero-order valence-electron chi connectivity index (χ0n) is 17.9. The quantitative estimate of drug-likeness (QED) is 0.635. The Labute approximate surface area is 181 Å². The summed E-state index contributed by atoms with van der Waals surface area (Å²) in [5, 5.41) is 5.62. The van der Waals surface area contributed by atoms with Crippen molar-refractivity contribution in [3.05, 3.63) is 77.4 Å². The molecule has 1 heterocycles. The lowest BCUT2D eigenvalue weighted by Gasteiger charge is -2.17. The van der Waals surface area contributed by atoms with Gasteiger partial charge < -0.3 is 15.4 Å². The fourth-order valence-corrected chi connectivity index (χ4v) is 3.73. The molecule has 0 unspecified atom stereocenters. The smallest absolute Gasteiger partial charge is 0.251 e. The van der Waals surface area contributed by atoms with Gasteiger partial charge in [0.1, 0.15) is 11.6 Å². The second-order valence-corrected chi connectivity index (χ2v) is 7.78. The van der Waals surface area contributed by atoms with Gasteiger partial charge in [0, 0.05) is 18.2 Å². The monoisotopic (exact) mass is 415 g/mol. The van der Waals surface area contributed by atoms with E-state index in [9.17, 15) is 9.59 Å². The molecule has 1 aliphatic rings. The minimum absolute atomic E-state index is 0.0464. The minimum atomic E-state index is -0.506. The van der Waals surface area contributed by atoms with E-state index in [1.54, 1.807) is 26.3 Å². The van der Waals surface area contributed by atoms with Crippen LogP contribution in [0.25, 0.3) is 11.3 Å². The second kappa shape index (κ2) is 8.22. The average molecular weight is 415 g/mol. The lowest BCUT2D eigenvalue weighted by molar-refractivity contribution is -0.118. The summed E-state index contributed by atoms with van der Waals surface area (Å²) in [6.45, 7) is 1.97. The van der Waals surface area contributed by atoms with E-state index in [-0.39, 0.29) is 11.8 Å². The molecule has 1 aromatic heterocycles. The fourth-order valence-electron chi connectivity index (χ4n) is 3.73. The molecule has 0 saturated heterocycles. The molecule has 6 heteroatoms. The number of nitrogens with zero attached hydrogens (tertiary/aromatic N) is 1. The van der Waals surface area contributed by atoms with E-state index in [2.05, 4.69) is 15.6 Å². The number of pyridine rings is 1. The van der Waals surface area contributed by atoms with Crippen LogP contribution in [-0.4, -0.2) is 31.0 Å². The van der Waals surface area contributed by atoms with Gasteiger partial charge in [0.15, 0.2) is 0 Å². The predicted molar refractivity (Wildman–Crippen MR) is 120 cm³/mol. The number of carbonyl (C=O) groups excluding carboxylic acids is 2. The maximum atomic E-state index is 13.1. The summed E-state index contributed by atoms with van der Waals surface area (Å²) >= 11 is 0. The highest BCUT2D eigenvalue weighted by molar-refractivity contribution is 6.01. The van der Waals surface area contributed by atoms with Crippen molar-refractivity contribution in [2.45, 2.75) is 25.2 Å². The summed E-state index contributed by atoms with van der Waals surface area (Å²) in [6, 6.07) is 18.7. The summed E-state index contributed by atoms with van der Waals surface area (Å²) in [5.41, 5.74) is 3.72. The summed E-state index contributed by atoms with van der Waals surface area (Å²) < 4.78 is 5.22. The largest absolute Gasteiger partial charge is 0.497 e. The fraction of sp³-hybridized carbons (Fsp3) is 0.240. The van der Waals surface area contributed by atoms with Crippen molar-refractivity contribution < 1.29 is 14.3 Å². The average Bonchev–Trinajstić information content (AvgIpc) is 3.62. The van der Waals surface area contributed by atoms with Gasteiger partial charge in [-0.05, 0) is 61.2 Å². The maximum Gasteiger partial charge on any atom is 0.251 e. The molecule has 1 saturated carbocycles. The van der Waals surface area contributed by atoms with Gasteiger partial charge in [-0.25, -0.2) is 4.98 Å². The number of methoxy groups -OCH3 is 1. The van der Waals surface area contributed by atoms with Crippen LogP contribution in [-0.2, 0) is 10.2 Å². The summed E-state index contributed by atoms with van der Waals surface area (Å²) in [4.78, 5) is 29.6. The molecule has 6 nitrogen and oxygen atoms in total. The number of ether oxygens (including phenoxy) is 1. The van der Waals surface area contributed by atoms with Crippen LogP contribution in [0.3, 0.4) is 0 Å². The van der Waals surface area contributed by atoms with Crippen LogP contribution in [0.4, 0.5) is 5.82 Å². The molecule has 2 N–H and O–H groups in total. The summed E-state index contributed by atoms with van der Waals surface area (Å²) in [7, 11) is 3.23. The SMILES string of the molecule is CNC(=O)c1ccc(-c2nc(NC(=O)C3(c4ccc(OC)cc4)CC3)ccc2C)cc1. The number of aromatic nitrogens is 1. The third kappa shape index (κ3) is 4.01. The van der Waals surface area contributed by atoms with E-state index in [4.69, 9.17) is 4.74 Å². The molecular formula is C25H25N3O3. The second-order valence-electron chi connectivity index (χ2n) is 7.78. The number of anilines is 1. The van der Waals surface area contributed by atoms with Crippen LogP contribution in [0.15, 0.2) is 60.7 Å². The van der Waals surface area contributed by atoms with Gasteiger partial charge in [0.25, 0.3) is 5.91 Å². The lowest BCUT2D eigenvalue weighted by Crippen LogP contribution is -2.28. The van der Waals surface area contributed by atoms with Crippen molar-refractivity contribution in [2.75, 3.05) is 19.5 Å². The Balaban J connectivity index is 1.55. The molecule has 2 amide bonds. The van der Waals surface area contributed by atoms with E-state index in [0.717, 1.165) is 41.0 Å².